The molecule has 0 aliphatic heterocycles. The molecular weight excluding hydrogens is 202 g/mol. The largest absolute Gasteiger partial charge is 0.312 e. The Labute approximate surface area is 97.9 Å². The van der Waals surface area contributed by atoms with Gasteiger partial charge in [0.15, 0.2) is 0 Å². The van der Waals surface area contributed by atoms with E-state index in [1.54, 1.807) is 0 Å². The molecule has 1 atom stereocenters. The molecule has 0 spiro atoms. The van der Waals surface area contributed by atoms with Gasteiger partial charge in [-0.05, 0) is 44.4 Å². The van der Waals surface area contributed by atoms with Crippen LogP contribution in [0.2, 0.25) is 0 Å². The average molecular weight is 225 g/mol. The Kier molecular flexibility index (Phi) is 5.34. The van der Waals surface area contributed by atoms with Crippen LogP contribution in [-0.4, -0.2) is 7.05 Å². The van der Waals surface area contributed by atoms with Gasteiger partial charge in [0.05, 0.1) is 0 Å². The summed E-state index contributed by atoms with van der Waals surface area (Å²) in [6.07, 6.45) is 3.70. The van der Waals surface area contributed by atoms with Crippen LogP contribution in [0.5, 0.6) is 0 Å². The maximum absolute atomic E-state index is 3.42. The molecule has 1 rings (SSSR count). The van der Waals surface area contributed by atoms with Crippen molar-refractivity contribution in [3.63, 3.8) is 0 Å². The summed E-state index contributed by atoms with van der Waals surface area (Å²) in [6.45, 7) is 6.80. The van der Waals surface area contributed by atoms with Crippen LogP contribution >= 0.6 is 11.3 Å². The van der Waals surface area contributed by atoms with Crippen LogP contribution in [-0.2, 0) is 6.42 Å². The van der Waals surface area contributed by atoms with Gasteiger partial charge in [0.25, 0.3) is 0 Å². The fraction of sp³-hybridized carbons (Fsp3) is 0.692. The molecule has 1 heterocycles. The number of hydrogen-bond acceptors (Lipinski definition) is 2. The summed E-state index contributed by atoms with van der Waals surface area (Å²) in [6, 6.07) is 5.10. The first kappa shape index (κ1) is 12.7. The summed E-state index contributed by atoms with van der Waals surface area (Å²) in [7, 11) is 2.07. The van der Waals surface area contributed by atoms with E-state index in [-0.39, 0.29) is 0 Å². The van der Waals surface area contributed by atoms with Crippen molar-refractivity contribution in [2.24, 2.45) is 5.92 Å². The standard InChI is InChI=1S/C13H23NS/c1-5-11-7-9-13(15-11)12(14-4)8-6-10(2)3/h7,9-10,12,14H,5-6,8H2,1-4H3. The third kappa shape index (κ3) is 3.96. The maximum atomic E-state index is 3.42. The van der Waals surface area contributed by atoms with Gasteiger partial charge in [-0.25, -0.2) is 0 Å². The number of hydrogen-bond donors (Lipinski definition) is 1. The van der Waals surface area contributed by atoms with Crippen molar-refractivity contribution in [1.29, 1.82) is 0 Å². The first-order valence-electron chi connectivity index (χ1n) is 5.93. The van der Waals surface area contributed by atoms with Crippen LogP contribution in [0.1, 0.15) is 49.4 Å². The summed E-state index contributed by atoms with van der Waals surface area (Å²) in [5.74, 6) is 0.798. The highest BCUT2D eigenvalue weighted by atomic mass is 32.1. The van der Waals surface area contributed by atoms with Crippen molar-refractivity contribution >= 4 is 11.3 Å². The minimum absolute atomic E-state index is 0.553. The molecular formula is C13H23NS. The lowest BCUT2D eigenvalue weighted by atomic mass is 10.0. The molecule has 0 aliphatic rings. The molecule has 0 fully saturated rings. The van der Waals surface area contributed by atoms with Crippen LogP contribution in [0, 0.1) is 5.92 Å². The predicted molar refractivity (Wildman–Crippen MR) is 69.6 cm³/mol. The van der Waals surface area contributed by atoms with Gasteiger partial charge in [0.1, 0.15) is 0 Å². The van der Waals surface area contributed by atoms with E-state index in [4.69, 9.17) is 0 Å². The van der Waals surface area contributed by atoms with Gasteiger partial charge in [-0.3, -0.25) is 0 Å². The summed E-state index contributed by atoms with van der Waals surface area (Å²) in [5.41, 5.74) is 0. The molecule has 0 radical (unpaired) electrons. The smallest absolute Gasteiger partial charge is 0.0412 e. The molecule has 1 nitrogen and oxygen atoms in total. The van der Waals surface area contributed by atoms with Crippen LogP contribution in [0.4, 0.5) is 0 Å². The number of rotatable bonds is 6. The summed E-state index contributed by atoms with van der Waals surface area (Å²) in [4.78, 5) is 2.99. The summed E-state index contributed by atoms with van der Waals surface area (Å²) < 4.78 is 0. The van der Waals surface area contributed by atoms with E-state index in [0.717, 1.165) is 12.3 Å². The minimum atomic E-state index is 0.553. The zero-order valence-corrected chi connectivity index (χ0v) is 11.2. The fourth-order valence-electron chi connectivity index (χ4n) is 1.70. The number of aryl methyl sites for hydroxylation is 1. The van der Waals surface area contributed by atoms with Crippen molar-refractivity contribution in [2.45, 2.75) is 46.1 Å². The van der Waals surface area contributed by atoms with Gasteiger partial charge in [-0.2, -0.15) is 0 Å². The van der Waals surface area contributed by atoms with Crippen molar-refractivity contribution < 1.29 is 0 Å². The van der Waals surface area contributed by atoms with Gasteiger partial charge in [0.2, 0.25) is 0 Å². The van der Waals surface area contributed by atoms with E-state index in [1.165, 1.54) is 22.6 Å². The SMILES string of the molecule is CCc1ccc(C(CCC(C)C)NC)s1. The second kappa shape index (κ2) is 6.29. The van der Waals surface area contributed by atoms with E-state index < -0.39 is 0 Å². The fourth-order valence-corrected chi connectivity index (χ4v) is 2.80. The van der Waals surface area contributed by atoms with E-state index in [0.29, 0.717) is 6.04 Å². The average Bonchev–Trinajstić information content (AvgIpc) is 2.67. The maximum Gasteiger partial charge on any atom is 0.0412 e. The molecule has 0 aromatic carbocycles. The molecule has 1 N–H and O–H groups in total. The lowest BCUT2D eigenvalue weighted by Gasteiger charge is -2.15. The lowest BCUT2D eigenvalue weighted by Crippen LogP contribution is -2.15. The minimum Gasteiger partial charge on any atom is -0.312 e. The molecule has 1 aromatic heterocycles. The Hall–Kier alpha value is -0.340. The highest BCUT2D eigenvalue weighted by Gasteiger charge is 2.11. The Bertz CT molecular complexity index is 278. The molecule has 0 saturated heterocycles. The van der Waals surface area contributed by atoms with E-state index in [2.05, 4.69) is 45.3 Å². The molecule has 1 unspecified atom stereocenters. The highest BCUT2D eigenvalue weighted by Crippen LogP contribution is 2.27. The zero-order chi connectivity index (χ0) is 11.3. The van der Waals surface area contributed by atoms with Crippen molar-refractivity contribution in [1.82, 2.24) is 5.32 Å². The van der Waals surface area contributed by atoms with Crippen LogP contribution in [0.25, 0.3) is 0 Å². The number of nitrogens with one attached hydrogen (secondary N) is 1. The Balaban J connectivity index is 2.57. The Morgan fingerprint density at radius 2 is 2.00 bits per heavy atom. The Morgan fingerprint density at radius 3 is 2.47 bits per heavy atom. The third-order valence-electron chi connectivity index (χ3n) is 2.76. The quantitative estimate of drug-likeness (QED) is 0.771. The van der Waals surface area contributed by atoms with Gasteiger partial charge in [-0.1, -0.05) is 20.8 Å². The lowest BCUT2D eigenvalue weighted by molar-refractivity contribution is 0.469. The van der Waals surface area contributed by atoms with Crippen LogP contribution in [0.3, 0.4) is 0 Å². The van der Waals surface area contributed by atoms with Crippen molar-refractivity contribution in [2.75, 3.05) is 7.05 Å². The van der Waals surface area contributed by atoms with Gasteiger partial charge < -0.3 is 5.32 Å². The molecule has 15 heavy (non-hydrogen) atoms. The molecule has 1 aromatic rings. The van der Waals surface area contributed by atoms with Gasteiger partial charge in [0, 0.05) is 15.8 Å². The normalized spacial score (nSPS) is 13.4. The third-order valence-corrected chi connectivity index (χ3v) is 4.10. The monoisotopic (exact) mass is 225 g/mol. The highest BCUT2D eigenvalue weighted by molar-refractivity contribution is 7.12. The topological polar surface area (TPSA) is 12.0 Å². The van der Waals surface area contributed by atoms with Crippen LogP contribution < -0.4 is 5.32 Å². The number of thiophene rings is 1. The van der Waals surface area contributed by atoms with Crippen molar-refractivity contribution in [3.05, 3.63) is 21.9 Å². The van der Waals surface area contributed by atoms with Gasteiger partial charge >= 0.3 is 0 Å². The molecule has 86 valence electrons. The molecule has 2 heteroatoms. The van der Waals surface area contributed by atoms with Crippen LogP contribution in [0.15, 0.2) is 12.1 Å². The summed E-state index contributed by atoms with van der Waals surface area (Å²) in [5, 5.41) is 3.42. The predicted octanol–water partition coefficient (Wildman–Crippen LogP) is 4.01. The second-order valence-electron chi connectivity index (χ2n) is 4.47. The van der Waals surface area contributed by atoms with E-state index in [1.807, 2.05) is 11.3 Å². The Morgan fingerprint density at radius 1 is 1.27 bits per heavy atom. The molecule has 0 aliphatic carbocycles. The first-order chi connectivity index (χ1) is 7.17. The molecule has 0 amide bonds. The van der Waals surface area contributed by atoms with E-state index in [9.17, 15) is 0 Å². The van der Waals surface area contributed by atoms with Crippen molar-refractivity contribution in [3.8, 4) is 0 Å². The molecule has 0 bridgehead atoms. The zero-order valence-electron chi connectivity index (χ0n) is 10.3. The molecule has 0 saturated carbocycles. The summed E-state index contributed by atoms with van der Waals surface area (Å²) >= 11 is 1.95. The van der Waals surface area contributed by atoms with Gasteiger partial charge in [-0.15, -0.1) is 11.3 Å². The first-order valence-corrected chi connectivity index (χ1v) is 6.74. The van der Waals surface area contributed by atoms with E-state index >= 15 is 0 Å². The second-order valence-corrected chi connectivity index (χ2v) is 5.67.